The summed E-state index contributed by atoms with van der Waals surface area (Å²) in [4.78, 5) is 43.0. The third-order valence-corrected chi connectivity index (χ3v) is 7.26. The van der Waals surface area contributed by atoms with E-state index in [1.165, 1.54) is 23.1 Å². The second-order valence-corrected chi connectivity index (χ2v) is 11.9. The van der Waals surface area contributed by atoms with Gasteiger partial charge in [-0.3, -0.25) is 9.59 Å². The Bertz CT molecular complexity index is 1460. The minimum Gasteiger partial charge on any atom is -0.508 e. The second kappa shape index (κ2) is 14.2. The van der Waals surface area contributed by atoms with Crippen molar-refractivity contribution in [1.82, 2.24) is 10.2 Å². The SMILES string of the molecule is C=CCN(C(=O)C(Cc1ccc(O)cc1)NC(=O)OC(C)(C)C)C(C(=O)Nc1c(C)cccc1Cl)c1cccc(C)c1C. The monoisotopic (exact) mass is 605 g/mol. The van der Waals surface area contributed by atoms with Crippen LogP contribution in [0.4, 0.5) is 10.5 Å². The van der Waals surface area contributed by atoms with E-state index in [4.69, 9.17) is 16.3 Å². The maximum absolute atomic E-state index is 14.5. The number of nitrogens with one attached hydrogen (secondary N) is 2. The van der Waals surface area contributed by atoms with Crippen molar-refractivity contribution in [2.75, 3.05) is 11.9 Å². The van der Waals surface area contributed by atoms with E-state index in [-0.39, 0.29) is 18.7 Å². The number of aromatic hydroxyl groups is 1. The lowest BCUT2D eigenvalue weighted by Gasteiger charge is -2.35. The molecule has 0 aliphatic heterocycles. The summed E-state index contributed by atoms with van der Waals surface area (Å²) < 4.78 is 5.47. The van der Waals surface area contributed by atoms with Gasteiger partial charge in [-0.2, -0.15) is 0 Å². The summed E-state index contributed by atoms with van der Waals surface area (Å²) in [7, 11) is 0. The van der Waals surface area contributed by atoms with E-state index in [0.717, 1.165) is 16.7 Å². The summed E-state index contributed by atoms with van der Waals surface area (Å²) in [5, 5.41) is 15.8. The van der Waals surface area contributed by atoms with Crippen LogP contribution in [0, 0.1) is 20.8 Å². The molecule has 0 bridgehead atoms. The van der Waals surface area contributed by atoms with Crippen LogP contribution >= 0.6 is 11.6 Å². The number of phenolic OH excluding ortho intramolecular Hbond substituents is 1. The smallest absolute Gasteiger partial charge is 0.408 e. The molecule has 0 aliphatic rings. The van der Waals surface area contributed by atoms with Gasteiger partial charge in [0, 0.05) is 13.0 Å². The minimum atomic E-state index is -1.11. The summed E-state index contributed by atoms with van der Waals surface area (Å²) in [6.45, 7) is 14.7. The second-order valence-electron chi connectivity index (χ2n) is 11.5. The molecule has 3 aromatic rings. The highest BCUT2D eigenvalue weighted by Gasteiger charge is 2.37. The Balaban J connectivity index is 2.12. The van der Waals surface area contributed by atoms with Crippen molar-refractivity contribution in [3.8, 4) is 5.75 Å². The number of benzene rings is 3. The van der Waals surface area contributed by atoms with Crippen LogP contribution in [0.3, 0.4) is 0 Å². The Labute approximate surface area is 258 Å². The van der Waals surface area contributed by atoms with Gasteiger partial charge in [-0.25, -0.2) is 4.79 Å². The van der Waals surface area contributed by atoms with Gasteiger partial charge >= 0.3 is 6.09 Å². The fourth-order valence-corrected chi connectivity index (χ4v) is 4.95. The van der Waals surface area contributed by atoms with Crippen LogP contribution in [0.5, 0.6) is 5.75 Å². The van der Waals surface area contributed by atoms with Crippen LogP contribution < -0.4 is 10.6 Å². The molecular weight excluding hydrogens is 566 g/mol. The first kappa shape index (κ1) is 33.2. The molecule has 3 amide bonds. The summed E-state index contributed by atoms with van der Waals surface area (Å²) in [5.41, 5.74) is 3.51. The molecule has 0 saturated heterocycles. The molecule has 0 radical (unpaired) electrons. The highest BCUT2D eigenvalue weighted by molar-refractivity contribution is 6.34. The number of anilines is 1. The van der Waals surface area contributed by atoms with Crippen molar-refractivity contribution in [3.63, 3.8) is 0 Å². The number of carbonyl (C=O) groups is 3. The number of alkyl carbamates (subject to hydrolysis) is 1. The van der Waals surface area contributed by atoms with Gasteiger partial charge in [0.05, 0.1) is 10.7 Å². The molecule has 0 spiro atoms. The molecule has 3 N–H and O–H groups in total. The quantitative estimate of drug-likeness (QED) is 0.220. The number of rotatable bonds is 10. The van der Waals surface area contributed by atoms with Gasteiger partial charge in [-0.15, -0.1) is 6.58 Å². The first-order valence-corrected chi connectivity index (χ1v) is 14.4. The van der Waals surface area contributed by atoms with Crippen LogP contribution in [0.25, 0.3) is 0 Å². The zero-order chi connectivity index (χ0) is 31.9. The van der Waals surface area contributed by atoms with Crippen LogP contribution in [0.1, 0.15) is 54.6 Å². The normalized spacial score (nSPS) is 12.5. The van der Waals surface area contributed by atoms with Gasteiger partial charge in [0.1, 0.15) is 23.4 Å². The van der Waals surface area contributed by atoms with Gasteiger partial charge < -0.3 is 25.4 Å². The lowest BCUT2D eigenvalue weighted by Crippen LogP contribution is -2.53. The molecule has 9 heteroatoms. The van der Waals surface area contributed by atoms with Crippen molar-refractivity contribution in [3.05, 3.63) is 106 Å². The van der Waals surface area contributed by atoms with Crippen molar-refractivity contribution in [2.24, 2.45) is 0 Å². The maximum atomic E-state index is 14.5. The fraction of sp³-hybridized carbons (Fsp3) is 0.324. The molecule has 2 atom stereocenters. The number of aryl methyl sites for hydroxylation is 2. The van der Waals surface area contributed by atoms with E-state index in [1.54, 1.807) is 45.0 Å². The van der Waals surface area contributed by atoms with Gasteiger partial charge in [0.25, 0.3) is 5.91 Å². The molecule has 0 fully saturated rings. The predicted octanol–water partition coefficient (Wildman–Crippen LogP) is 6.80. The van der Waals surface area contributed by atoms with Gasteiger partial charge in [0.2, 0.25) is 5.91 Å². The number of para-hydroxylation sites is 1. The number of phenols is 1. The molecule has 0 heterocycles. The average Bonchev–Trinajstić information content (AvgIpc) is 2.92. The number of ether oxygens (including phenoxy) is 1. The van der Waals surface area contributed by atoms with E-state index in [1.807, 2.05) is 45.0 Å². The number of hydrogen-bond donors (Lipinski definition) is 3. The highest BCUT2D eigenvalue weighted by atomic mass is 35.5. The first-order valence-electron chi connectivity index (χ1n) is 14.0. The average molecular weight is 606 g/mol. The Hall–Kier alpha value is -4.30. The number of nitrogens with zero attached hydrogens (tertiary/aromatic N) is 1. The molecule has 0 aliphatic carbocycles. The summed E-state index contributed by atoms with van der Waals surface area (Å²) in [5.74, 6) is -0.918. The Morgan fingerprint density at radius 2 is 1.63 bits per heavy atom. The molecule has 8 nitrogen and oxygen atoms in total. The van der Waals surface area contributed by atoms with Crippen LogP contribution in [0.15, 0.2) is 73.3 Å². The summed E-state index contributed by atoms with van der Waals surface area (Å²) in [6, 6.07) is 15.0. The summed E-state index contributed by atoms with van der Waals surface area (Å²) in [6.07, 6.45) is 0.842. The van der Waals surface area contributed by atoms with E-state index < -0.39 is 35.6 Å². The fourth-order valence-electron chi connectivity index (χ4n) is 4.68. The zero-order valence-electron chi connectivity index (χ0n) is 25.5. The molecule has 3 rings (SSSR count). The predicted molar refractivity (Wildman–Crippen MR) is 170 cm³/mol. The van der Waals surface area contributed by atoms with E-state index in [9.17, 15) is 19.5 Å². The van der Waals surface area contributed by atoms with Crippen molar-refractivity contribution >= 4 is 35.2 Å². The number of amides is 3. The zero-order valence-corrected chi connectivity index (χ0v) is 26.3. The topological polar surface area (TPSA) is 108 Å². The Morgan fingerprint density at radius 3 is 2.23 bits per heavy atom. The van der Waals surface area contributed by atoms with E-state index >= 15 is 0 Å². The maximum Gasteiger partial charge on any atom is 0.408 e. The van der Waals surface area contributed by atoms with Crippen molar-refractivity contribution in [1.29, 1.82) is 0 Å². The van der Waals surface area contributed by atoms with Gasteiger partial charge in [-0.1, -0.05) is 60.1 Å². The summed E-state index contributed by atoms with van der Waals surface area (Å²) >= 11 is 6.46. The van der Waals surface area contributed by atoms with Crippen molar-refractivity contribution in [2.45, 2.75) is 65.6 Å². The molecule has 3 aromatic carbocycles. The highest BCUT2D eigenvalue weighted by Crippen LogP contribution is 2.31. The molecule has 0 saturated carbocycles. The molecular formula is C34H40ClN3O5. The standard InChI is InChI=1S/C34H40ClN3O5/c1-8-19-38(32(41)28(36-33(42)43-34(5,6)7)20-24-15-17-25(39)18-16-24)30(26-13-9-11-21(2)23(26)4)31(40)37-29-22(3)12-10-14-27(29)35/h8-18,28,30,39H,1,19-20H2,2-7H3,(H,36,42)(H,37,40). The third kappa shape index (κ3) is 8.85. The third-order valence-electron chi connectivity index (χ3n) is 6.95. The number of halogens is 1. The Morgan fingerprint density at radius 1 is 1.00 bits per heavy atom. The van der Waals surface area contributed by atoms with Gasteiger partial charge in [-0.05, 0) is 87.6 Å². The van der Waals surface area contributed by atoms with Crippen LogP contribution in [-0.2, 0) is 20.7 Å². The number of hydrogen-bond acceptors (Lipinski definition) is 5. The van der Waals surface area contributed by atoms with Crippen LogP contribution in [-0.4, -0.2) is 46.1 Å². The van der Waals surface area contributed by atoms with Gasteiger partial charge in [0.15, 0.2) is 0 Å². The minimum absolute atomic E-state index is 0.00782. The molecule has 2 unspecified atom stereocenters. The van der Waals surface area contributed by atoms with Crippen molar-refractivity contribution < 1.29 is 24.2 Å². The van der Waals surface area contributed by atoms with Crippen LogP contribution in [0.2, 0.25) is 5.02 Å². The largest absolute Gasteiger partial charge is 0.508 e. The first-order chi connectivity index (χ1) is 20.2. The molecule has 0 aromatic heterocycles. The molecule has 228 valence electrons. The Kier molecular flexibility index (Phi) is 11.0. The van der Waals surface area contributed by atoms with E-state index in [0.29, 0.717) is 21.8 Å². The molecule has 43 heavy (non-hydrogen) atoms. The lowest BCUT2D eigenvalue weighted by atomic mass is 9.94. The number of carbonyl (C=O) groups excluding carboxylic acids is 3. The lowest BCUT2D eigenvalue weighted by molar-refractivity contribution is -0.140. The van der Waals surface area contributed by atoms with E-state index in [2.05, 4.69) is 17.2 Å².